The molecule has 0 amide bonds. The summed E-state index contributed by atoms with van der Waals surface area (Å²) in [5.41, 5.74) is 5.62. The molecular formula is C12H20N2O. The summed E-state index contributed by atoms with van der Waals surface area (Å²) < 4.78 is 5.54. The van der Waals surface area contributed by atoms with Crippen LogP contribution in [0.4, 0.5) is 0 Å². The van der Waals surface area contributed by atoms with Gasteiger partial charge in [0.25, 0.3) is 0 Å². The minimum absolute atomic E-state index is 0.261. The summed E-state index contributed by atoms with van der Waals surface area (Å²) in [7, 11) is 0. The van der Waals surface area contributed by atoms with Crippen LogP contribution in [0.25, 0.3) is 0 Å². The van der Waals surface area contributed by atoms with Crippen molar-refractivity contribution >= 4 is 0 Å². The van der Waals surface area contributed by atoms with Gasteiger partial charge in [0.15, 0.2) is 0 Å². The van der Waals surface area contributed by atoms with E-state index in [0.717, 1.165) is 12.2 Å². The molecule has 0 heterocycles. The van der Waals surface area contributed by atoms with E-state index in [0.29, 0.717) is 19.0 Å². The Hall–Kier alpha value is -1.38. The number of ether oxygens (including phenoxy) is 1. The largest absolute Gasteiger partial charge is 0.492 e. The van der Waals surface area contributed by atoms with Gasteiger partial charge in [-0.15, -0.1) is 0 Å². The highest BCUT2D eigenvalue weighted by Crippen LogP contribution is 2.28. The normalized spacial score (nSPS) is 18.1. The fourth-order valence-corrected chi connectivity index (χ4v) is 1.29. The Kier molecular flexibility index (Phi) is 3.83. The maximum absolute atomic E-state index is 5.54. The molecule has 0 aromatic rings. The van der Waals surface area contributed by atoms with Gasteiger partial charge in [-0.1, -0.05) is 26.5 Å². The van der Waals surface area contributed by atoms with Crippen molar-refractivity contribution in [3.05, 3.63) is 36.4 Å². The summed E-state index contributed by atoms with van der Waals surface area (Å²) in [5, 5.41) is 2.91. The lowest BCUT2D eigenvalue weighted by atomic mass is 9.86. The predicted molar refractivity (Wildman–Crippen MR) is 62.9 cm³/mol. The lowest BCUT2D eigenvalue weighted by Gasteiger charge is -2.22. The van der Waals surface area contributed by atoms with Gasteiger partial charge in [0.2, 0.25) is 0 Å². The van der Waals surface area contributed by atoms with E-state index in [1.54, 1.807) is 0 Å². The molecular weight excluding hydrogens is 188 g/mol. The standard InChI is InChI=1S/C12H20N2O/c1-10(13)14-8-9-15-11-4-6-12(2,3)7-5-11/h4-6,14H,1,7-9,13H2,2-3H3. The van der Waals surface area contributed by atoms with Crippen molar-refractivity contribution in [1.82, 2.24) is 5.32 Å². The van der Waals surface area contributed by atoms with Gasteiger partial charge in [-0.25, -0.2) is 0 Å². The number of rotatable bonds is 5. The molecule has 1 rings (SSSR count). The molecule has 1 aliphatic carbocycles. The van der Waals surface area contributed by atoms with E-state index >= 15 is 0 Å². The first kappa shape index (κ1) is 11.7. The Morgan fingerprint density at radius 1 is 1.67 bits per heavy atom. The monoisotopic (exact) mass is 208 g/mol. The molecule has 0 aromatic carbocycles. The van der Waals surface area contributed by atoms with E-state index < -0.39 is 0 Å². The maximum atomic E-state index is 5.54. The first-order valence-electron chi connectivity index (χ1n) is 5.20. The van der Waals surface area contributed by atoms with Crippen LogP contribution in [0.1, 0.15) is 20.3 Å². The second-order valence-electron chi connectivity index (χ2n) is 4.43. The number of hydrogen-bond donors (Lipinski definition) is 2. The molecule has 3 heteroatoms. The fourth-order valence-electron chi connectivity index (χ4n) is 1.29. The highest BCUT2D eigenvalue weighted by Gasteiger charge is 2.16. The van der Waals surface area contributed by atoms with Crippen LogP contribution in [0.3, 0.4) is 0 Å². The minimum Gasteiger partial charge on any atom is -0.492 e. The van der Waals surface area contributed by atoms with Crippen LogP contribution in [0, 0.1) is 5.41 Å². The van der Waals surface area contributed by atoms with Gasteiger partial charge in [0.1, 0.15) is 12.4 Å². The van der Waals surface area contributed by atoms with E-state index in [9.17, 15) is 0 Å². The Morgan fingerprint density at radius 3 is 2.93 bits per heavy atom. The van der Waals surface area contributed by atoms with Crippen LogP contribution in [-0.4, -0.2) is 13.2 Å². The van der Waals surface area contributed by atoms with Crippen LogP contribution in [0.5, 0.6) is 0 Å². The van der Waals surface area contributed by atoms with Crippen LogP contribution < -0.4 is 11.1 Å². The zero-order chi connectivity index (χ0) is 11.3. The SMILES string of the molecule is C=C(N)NCCOC1=CCC(C)(C)C=C1. The molecule has 0 spiro atoms. The summed E-state index contributed by atoms with van der Waals surface area (Å²) in [6, 6.07) is 0. The molecule has 0 radical (unpaired) electrons. The predicted octanol–water partition coefficient (Wildman–Crippen LogP) is 1.89. The molecule has 0 unspecified atom stereocenters. The Morgan fingerprint density at radius 2 is 2.40 bits per heavy atom. The molecule has 0 saturated carbocycles. The molecule has 3 N–H and O–H groups in total. The number of nitrogens with two attached hydrogens (primary N) is 1. The highest BCUT2D eigenvalue weighted by molar-refractivity contribution is 5.20. The van der Waals surface area contributed by atoms with Gasteiger partial charge in [-0.3, -0.25) is 0 Å². The fraction of sp³-hybridized carbons (Fsp3) is 0.500. The third-order valence-electron chi connectivity index (χ3n) is 2.25. The topological polar surface area (TPSA) is 47.3 Å². The zero-order valence-electron chi connectivity index (χ0n) is 9.55. The zero-order valence-corrected chi connectivity index (χ0v) is 9.55. The Bertz CT molecular complexity index is 290. The third-order valence-corrected chi connectivity index (χ3v) is 2.25. The smallest absolute Gasteiger partial charge is 0.115 e. The van der Waals surface area contributed by atoms with Gasteiger partial charge >= 0.3 is 0 Å². The van der Waals surface area contributed by atoms with Crippen LogP contribution >= 0.6 is 0 Å². The first-order valence-corrected chi connectivity index (χ1v) is 5.20. The number of hydrogen-bond acceptors (Lipinski definition) is 3. The van der Waals surface area contributed by atoms with E-state index in [-0.39, 0.29) is 5.41 Å². The second kappa shape index (κ2) is 4.91. The van der Waals surface area contributed by atoms with Gasteiger partial charge in [0.05, 0.1) is 12.4 Å². The third kappa shape index (κ3) is 4.58. The summed E-state index contributed by atoms with van der Waals surface area (Å²) >= 11 is 0. The van der Waals surface area contributed by atoms with Crippen LogP contribution in [0.2, 0.25) is 0 Å². The molecule has 3 nitrogen and oxygen atoms in total. The van der Waals surface area contributed by atoms with E-state index in [2.05, 4.69) is 37.9 Å². The van der Waals surface area contributed by atoms with Gasteiger partial charge < -0.3 is 15.8 Å². The van der Waals surface area contributed by atoms with E-state index in [1.165, 1.54) is 0 Å². The van der Waals surface area contributed by atoms with Gasteiger partial charge in [0, 0.05) is 0 Å². The Labute approximate surface area is 91.7 Å². The minimum atomic E-state index is 0.261. The van der Waals surface area contributed by atoms with Crippen molar-refractivity contribution in [2.75, 3.05) is 13.2 Å². The van der Waals surface area contributed by atoms with Crippen LogP contribution in [0.15, 0.2) is 36.4 Å². The quantitative estimate of drug-likeness (QED) is 0.678. The second-order valence-corrected chi connectivity index (χ2v) is 4.43. The molecule has 0 aromatic heterocycles. The van der Waals surface area contributed by atoms with Crippen LogP contribution in [-0.2, 0) is 4.74 Å². The molecule has 15 heavy (non-hydrogen) atoms. The molecule has 84 valence electrons. The summed E-state index contributed by atoms with van der Waals surface area (Å²) in [5.74, 6) is 1.42. The lowest BCUT2D eigenvalue weighted by Crippen LogP contribution is -2.23. The average Bonchev–Trinajstić information content (AvgIpc) is 2.14. The molecule has 0 atom stereocenters. The number of nitrogens with one attached hydrogen (secondary N) is 1. The van der Waals surface area contributed by atoms with Crippen molar-refractivity contribution in [3.8, 4) is 0 Å². The van der Waals surface area contributed by atoms with Crippen molar-refractivity contribution in [2.24, 2.45) is 11.1 Å². The summed E-state index contributed by atoms with van der Waals surface area (Å²) in [4.78, 5) is 0. The van der Waals surface area contributed by atoms with Crippen molar-refractivity contribution in [1.29, 1.82) is 0 Å². The molecule has 0 bridgehead atoms. The average molecular weight is 208 g/mol. The molecule has 0 saturated heterocycles. The molecule has 0 aliphatic heterocycles. The maximum Gasteiger partial charge on any atom is 0.115 e. The lowest BCUT2D eigenvalue weighted by molar-refractivity contribution is 0.222. The van der Waals surface area contributed by atoms with E-state index in [1.807, 2.05) is 6.08 Å². The molecule has 1 aliphatic rings. The summed E-state index contributed by atoms with van der Waals surface area (Å²) in [6.07, 6.45) is 7.35. The van der Waals surface area contributed by atoms with Crippen molar-refractivity contribution < 1.29 is 4.74 Å². The summed E-state index contributed by atoms with van der Waals surface area (Å²) in [6.45, 7) is 9.24. The molecule has 0 fully saturated rings. The Balaban J connectivity index is 2.22. The van der Waals surface area contributed by atoms with Crippen molar-refractivity contribution in [2.45, 2.75) is 20.3 Å². The highest BCUT2D eigenvalue weighted by atomic mass is 16.5. The van der Waals surface area contributed by atoms with E-state index in [4.69, 9.17) is 10.5 Å². The first-order chi connectivity index (χ1) is 6.99. The van der Waals surface area contributed by atoms with Gasteiger partial charge in [-0.2, -0.15) is 0 Å². The number of allylic oxidation sites excluding steroid dienone is 3. The van der Waals surface area contributed by atoms with Crippen molar-refractivity contribution in [3.63, 3.8) is 0 Å². The van der Waals surface area contributed by atoms with Gasteiger partial charge in [-0.05, 0) is 24.0 Å².